The van der Waals surface area contributed by atoms with E-state index < -0.39 is 18.0 Å². The molecule has 0 bridgehead atoms. The Bertz CT molecular complexity index is 559. The maximum Gasteiger partial charge on any atom is 0.322 e. The van der Waals surface area contributed by atoms with E-state index in [2.05, 4.69) is 15.6 Å². The largest absolute Gasteiger partial charge is 0.336 e. The number of hydrogen-bond donors (Lipinski definition) is 2. The van der Waals surface area contributed by atoms with Gasteiger partial charge in [-0.15, -0.1) is 0 Å². The summed E-state index contributed by atoms with van der Waals surface area (Å²) in [5.74, 6) is -0.345. The molecule has 7 nitrogen and oxygen atoms in total. The predicted molar refractivity (Wildman–Crippen MR) is 79.6 cm³/mol. The van der Waals surface area contributed by atoms with Gasteiger partial charge in [0, 0.05) is 12.7 Å². The van der Waals surface area contributed by atoms with Crippen molar-refractivity contribution in [1.29, 1.82) is 0 Å². The van der Waals surface area contributed by atoms with Crippen LogP contribution in [0.2, 0.25) is 0 Å². The van der Waals surface area contributed by atoms with Gasteiger partial charge < -0.3 is 10.2 Å². The zero-order valence-electron chi connectivity index (χ0n) is 12.7. The molecule has 0 saturated carbocycles. The van der Waals surface area contributed by atoms with E-state index in [0.29, 0.717) is 19.0 Å². The van der Waals surface area contributed by atoms with Gasteiger partial charge in [-0.1, -0.05) is 19.9 Å². The molecule has 1 aliphatic rings. The summed E-state index contributed by atoms with van der Waals surface area (Å²) in [6.07, 6.45) is 1.63. The number of nitrogens with one attached hydrogen (secondary N) is 2. The quantitative estimate of drug-likeness (QED) is 0.755. The summed E-state index contributed by atoms with van der Waals surface area (Å²) in [5, 5.41) is 4.57. The van der Waals surface area contributed by atoms with Crippen LogP contribution in [-0.2, 0) is 16.1 Å². The van der Waals surface area contributed by atoms with E-state index in [-0.39, 0.29) is 12.3 Å². The normalized spacial score (nSPS) is 17.3. The molecule has 0 aromatic carbocycles. The number of urea groups is 1. The lowest BCUT2D eigenvalue weighted by molar-refractivity contribution is -0.135. The molecule has 0 spiro atoms. The van der Waals surface area contributed by atoms with Crippen LogP contribution in [0.1, 0.15) is 26.0 Å². The number of amides is 4. The van der Waals surface area contributed by atoms with E-state index >= 15 is 0 Å². The molecule has 0 aliphatic carbocycles. The van der Waals surface area contributed by atoms with Crippen LogP contribution in [0.25, 0.3) is 0 Å². The minimum Gasteiger partial charge on any atom is -0.336 e. The number of carbonyl (C=O) groups excluding carboxylic acids is 3. The fraction of sp³-hybridized carbons (Fsp3) is 0.467. The highest BCUT2D eigenvalue weighted by Gasteiger charge is 2.32. The molecule has 7 heteroatoms. The molecule has 2 N–H and O–H groups in total. The molecule has 2 heterocycles. The zero-order chi connectivity index (χ0) is 16.1. The first-order chi connectivity index (χ1) is 10.5. The summed E-state index contributed by atoms with van der Waals surface area (Å²) in [7, 11) is 0. The zero-order valence-corrected chi connectivity index (χ0v) is 12.7. The van der Waals surface area contributed by atoms with Crippen LogP contribution in [0.5, 0.6) is 0 Å². The van der Waals surface area contributed by atoms with E-state index in [1.807, 2.05) is 32.0 Å². The van der Waals surface area contributed by atoms with E-state index in [1.165, 1.54) is 0 Å². The Morgan fingerprint density at radius 2 is 2.14 bits per heavy atom. The molecule has 1 aliphatic heterocycles. The third kappa shape index (κ3) is 4.28. The minimum absolute atomic E-state index is 0.0445. The highest BCUT2D eigenvalue weighted by molar-refractivity contribution is 6.05. The van der Waals surface area contributed by atoms with Crippen molar-refractivity contribution < 1.29 is 14.4 Å². The van der Waals surface area contributed by atoms with Crippen molar-refractivity contribution >= 4 is 17.8 Å². The summed E-state index contributed by atoms with van der Waals surface area (Å²) in [6, 6.07) is 4.19. The van der Waals surface area contributed by atoms with Crippen molar-refractivity contribution in [2.75, 3.05) is 6.54 Å². The molecule has 1 fully saturated rings. The minimum atomic E-state index is -0.793. The third-order valence-electron chi connectivity index (χ3n) is 3.25. The van der Waals surface area contributed by atoms with Crippen LogP contribution in [0.15, 0.2) is 24.4 Å². The van der Waals surface area contributed by atoms with E-state index in [4.69, 9.17) is 0 Å². The highest BCUT2D eigenvalue weighted by atomic mass is 16.2. The first kappa shape index (κ1) is 15.9. The Hall–Kier alpha value is -2.44. The lowest BCUT2D eigenvalue weighted by Gasteiger charge is -2.25. The van der Waals surface area contributed by atoms with Crippen LogP contribution in [0.3, 0.4) is 0 Å². The van der Waals surface area contributed by atoms with Crippen molar-refractivity contribution in [3.8, 4) is 0 Å². The van der Waals surface area contributed by atoms with Crippen molar-refractivity contribution in [2.45, 2.75) is 32.9 Å². The third-order valence-corrected chi connectivity index (χ3v) is 3.25. The number of aromatic nitrogens is 1. The van der Waals surface area contributed by atoms with Gasteiger partial charge in [0.2, 0.25) is 5.91 Å². The Morgan fingerprint density at radius 3 is 2.68 bits per heavy atom. The topological polar surface area (TPSA) is 91.4 Å². The lowest BCUT2D eigenvalue weighted by Crippen LogP contribution is -2.40. The monoisotopic (exact) mass is 304 g/mol. The molecule has 22 heavy (non-hydrogen) atoms. The van der Waals surface area contributed by atoms with Gasteiger partial charge in [-0.2, -0.15) is 0 Å². The van der Waals surface area contributed by atoms with Crippen molar-refractivity contribution in [3.05, 3.63) is 30.1 Å². The molecule has 118 valence electrons. The summed E-state index contributed by atoms with van der Waals surface area (Å²) in [4.78, 5) is 41.0. The van der Waals surface area contributed by atoms with E-state index in [9.17, 15) is 14.4 Å². The van der Waals surface area contributed by atoms with Crippen LogP contribution in [0, 0.1) is 5.92 Å². The van der Waals surface area contributed by atoms with Gasteiger partial charge >= 0.3 is 6.03 Å². The Labute approximate surface area is 129 Å². The molecular weight excluding hydrogens is 284 g/mol. The first-order valence-corrected chi connectivity index (χ1v) is 7.24. The molecule has 1 aromatic heterocycles. The van der Waals surface area contributed by atoms with Crippen molar-refractivity contribution in [2.24, 2.45) is 5.92 Å². The van der Waals surface area contributed by atoms with Crippen LogP contribution in [0.4, 0.5) is 4.79 Å². The number of nitrogens with zero attached hydrogens (tertiary/aromatic N) is 2. The van der Waals surface area contributed by atoms with Crippen LogP contribution < -0.4 is 10.6 Å². The van der Waals surface area contributed by atoms with Gasteiger partial charge in [0.25, 0.3) is 5.91 Å². The standard InChI is InChI=1S/C15H20N4O3/c1-10(2)8-19(9-11-5-3-4-6-16-11)13(20)7-12-14(21)18-15(22)17-12/h3-6,10,12H,7-9H2,1-2H3,(H2,17,18,21,22)/t12-/m0/s1. The number of rotatable bonds is 6. The maximum atomic E-state index is 12.5. The molecule has 0 unspecified atom stereocenters. The fourth-order valence-electron chi connectivity index (χ4n) is 2.29. The molecular formula is C15H20N4O3. The van der Waals surface area contributed by atoms with Gasteiger partial charge in [0.15, 0.2) is 0 Å². The average molecular weight is 304 g/mol. The van der Waals surface area contributed by atoms with Gasteiger partial charge in [0.1, 0.15) is 6.04 Å². The molecule has 1 aromatic rings. The number of carbonyl (C=O) groups is 3. The SMILES string of the molecule is CC(C)CN(Cc1ccccn1)C(=O)C[C@@H]1NC(=O)NC1=O. The fourth-order valence-corrected chi connectivity index (χ4v) is 2.29. The summed E-state index contributed by atoms with van der Waals surface area (Å²) >= 11 is 0. The van der Waals surface area contributed by atoms with Crippen molar-refractivity contribution in [3.63, 3.8) is 0 Å². The average Bonchev–Trinajstić information content (AvgIpc) is 2.76. The smallest absolute Gasteiger partial charge is 0.322 e. The van der Waals surface area contributed by atoms with Gasteiger partial charge in [-0.25, -0.2) is 4.79 Å². The van der Waals surface area contributed by atoms with Crippen LogP contribution in [-0.4, -0.2) is 40.3 Å². The van der Waals surface area contributed by atoms with E-state index in [0.717, 1.165) is 5.69 Å². The Morgan fingerprint density at radius 1 is 1.36 bits per heavy atom. The lowest BCUT2D eigenvalue weighted by atomic mass is 10.1. The van der Waals surface area contributed by atoms with Crippen LogP contribution >= 0.6 is 0 Å². The van der Waals surface area contributed by atoms with Gasteiger partial charge in [-0.3, -0.25) is 19.9 Å². The molecule has 1 atom stereocenters. The first-order valence-electron chi connectivity index (χ1n) is 7.24. The molecule has 1 saturated heterocycles. The maximum absolute atomic E-state index is 12.5. The second-order valence-electron chi connectivity index (χ2n) is 5.71. The summed E-state index contributed by atoms with van der Waals surface area (Å²) in [5.41, 5.74) is 0.788. The number of imide groups is 1. The molecule has 4 amide bonds. The van der Waals surface area contributed by atoms with Gasteiger partial charge in [-0.05, 0) is 18.1 Å². The Balaban J connectivity index is 2.03. The second kappa shape index (κ2) is 7.02. The predicted octanol–water partition coefficient (Wildman–Crippen LogP) is 0.664. The second-order valence-corrected chi connectivity index (χ2v) is 5.71. The molecule has 0 radical (unpaired) electrons. The van der Waals surface area contributed by atoms with E-state index in [1.54, 1.807) is 11.1 Å². The molecule has 2 rings (SSSR count). The highest BCUT2D eigenvalue weighted by Crippen LogP contribution is 2.10. The summed E-state index contributed by atoms with van der Waals surface area (Å²) < 4.78 is 0. The Kier molecular flexibility index (Phi) is 5.08. The number of pyridine rings is 1. The summed E-state index contributed by atoms with van der Waals surface area (Å²) in [6.45, 7) is 4.99. The number of hydrogen-bond acceptors (Lipinski definition) is 4. The van der Waals surface area contributed by atoms with Gasteiger partial charge in [0.05, 0.1) is 18.7 Å². The van der Waals surface area contributed by atoms with Crippen molar-refractivity contribution in [1.82, 2.24) is 20.5 Å².